The highest BCUT2D eigenvalue weighted by Gasteiger charge is 2.56. The van der Waals surface area contributed by atoms with Gasteiger partial charge in [-0.15, -0.1) is 0 Å². The first-order valence-electron chi connectivity index (χ1n) is 10.3. The van der Waals surface area contributed by atoms with Crippen LogP contribution in [0.1, 0.15) is 19.8 Å². The molecule has 8 heteroatoms. The maximum atomic E-state index is 13.4. The number of hydrogen-bond donors (Lipinski definition) is 3. The van der Waals surface area contributed by atoms with Gasteiger partial charge in [-0.25, -0.2) is 0 Å². The summed E-state index contributed by atoms with van der Waals surface area (Å²) in [7, 11) is 1.56. The van der Waals surface area contributed by atoms with Crippen LogP contribution in [-0.4, -0.2) is 54.0 Å². The predicted molar refractivity (Wildman–Crippen MR) is 115 cm³/mol. The number of nitrogens with zero attached hydrogens (tertiary/aromatic N) is 1. The second-order valence-corrected chi connectivity index (χ2v) is 8.13. The molecule has 5 atom stereocenters. The van der Waals surface area contributed by atoms with E-state index in [4.69, 9.17) is 11.6 Å². The van der Waals surface area contributed by atoms with E-state index in [1.54, 1.807) is 31.3 Å². The number of rotatable bonds is 7. The SMILES string of the molecule is CC[C@@H]1C=C[C@H]2[C@H](C(=O)N(CCCO)[C@@H]2C(=O)Nc2ccccc2Cl)[C@@H]1C(=O)NC. The van der Waals surface area contributed by atoms with E-state index in [0.717, 1.165) is 6.42 Å². The molecule has 1 aliphatic heterocycles. The number of amides is 3. The lowest BCUT2D eigenvalue weighted by Crippen LogP contribution is -2.45. The molecule has 3 amide bonds. The van der Waals surface area contributed by atoms with Crippen LogP contribution in [-0.2, 0) is 14.4 Å². The predicted octanol–water partition coefficient (Wildman–Crippen LogP) is 2.06. The van der Waals surface area contributed by atoms with Gasteiger partial charge in [-0.2, -0.15) is 0 Å². The zero-order valence-electron chi connectivity index (χ0n) is 17.2. The largest absolute Gasteiger partial charge is 0.396 e. The van der Waals surface area contributed by atoms with Gasteiger partial charge in [0.05, 0.1) is 22.5 Å². The molecule has 1 aliphatic carbocycles. The summed E-state index contributed by atoms with van der Waals surface area (Å²) >= 11 is 6.19. The smallest absolute Gasteiger partial charge is 0.247 e. The molecule has 0 bridgehead atoms. The number of carbonyl (C=O) groups excluding carboxylic acids is 3. The van der Waals surface area contributed by atoms with Gasteiger partial charge >= 0.3 is 0 Å². The molecule has 0 spiro atoms. The Balaban J connectivity index is 1.97. The summed E-state index contributed by atoms with van der Waals surface area (Å²) in [5.74, 6) is -2.40. The molecule has 0 unspecified atom stereocenters. The summed E-state index contributed by atoms with van der Waals surface area (Å²) < 4.78 is 0. The molecule has 0 saturated carbocycles. The molecule has 1 fully saturated rings. The van der Waals surface area contributed by atoms with E-state index < -0.39 is 23.8 Å². The lowest BCUT2D eigenvalue weighted by Gasteiger charge is -2.33. The number of aliphatic hydroxyl groups is 1. The van der Waals surface area contributed by atoms with Crippen LogP contribution in [0.3, 0.4) is 0 Å². The zero-order valence-corrected chi connectivity index (χ0v) is 17.9. The Labute approximate surface area is 181 Å². The van der Waals surface area contributed by atoms with Crippen LogP contribution < -0.4 is 10.6 Å². The number of fused-ring (bicyclic) bond motifs is 1. The van der Waals surface area contributed by atoms with Gasteiger partial charge in [-0.3, -0.25) is 14.4 Å². The molecule has 162 valence electrons. The summed E-state index contributed by atoms with van der Waals surface area (Å²) in [6, 6.07) is 6.14. The van der Waals surface area contributed by atoms with Crippen molar-refractivity contribution >= 4 is 35.0 Å². The number of hydrogen-bond acceptors (Lipinski definition) is 4. The Morgan fingerprint density at radius 3 is 2.57 bits per heavy atom. The summed E-state index contributed by atoms with van der Waals surface area (Å²) in [5, 5.41) is 15.2. The van der Waals surface area contributed by atoms with E-state index >= 15 is 0 Å². The van der Waals surface area contributed by atoms with Crippen LogP contribution in [0.15, 0.2) is 36.4 Å². The first-order chi connectivity index (χ1) is 14.4. The van der Waals surface area contributed by atoms with E-state index in [9.17, 15) is 19.5 Å². The second kappa shape index (κ2) is 9.62. The van der Waals surface area contributed by atoms with Gasteiger partial charge in [0, 0.05) is 26.1 Å². The van der Waals surface area contributed by atoms with Crippen LogP contribution in [0.4, 0.5) is 5.69 Å². The molecule has 3 N–H and O–H groups in total. The molecule has 30 heavy (non-hydrogen) atoms. The minimum Gasteiger partial charge on any atom is -0.396 e. The molecular weight excluding hydrogens is 406 g/mol. The monoisotopic (exact) mass is 433 g/mol. The van der Waals surface area contributed by atoms with Gasteiger partial charge in [0.15, 0.2) is 0 Å². The van der Waals surface area contributed by atoms with E-state index in [1.807, 2.05) is 19.1 Å². The zero-order chi connectivity index (χ0) is 21.8. The van der Waals surface area contributed by atoms with Crippen molar-refractivity contribution in [2.45, 2.75) is 25.8 Å². The van der Waals surface area contributed by atoms with Crippen LogP contribution >= 0.6 is 11.6 Å². The van der Waals surface area contributed by atoms with Crippen molar-refractivity contribution in [2.75, 3.05) is 25.5 Å². The number of para-hydroxylation sites is 1. The number of aliphatic hydroxyl groups excluding tert-OH is 1. The second-order valence-electron chi connectivity index (χ2n) is 7.72. The van der Waals surface area contributed by atoms with E-state index in [-0.39, 0.29) is 36.8 Å². The third kappa shape index (κ3) is 4.09. The third-order valence-corrected chi connectivity index (χ3v) is 6.42. The van der Waals surface area contributed by atoms with E-state index in [2.05, 4.69) is 10.6 Å². The molecule has 7 nitrogen and oxygen atoms in total. The minimum absolute atomic E-state index is 0.0692. The molecule has 1 aromatic carbocycles. The Hall–Kier alpha value is -2.38. The molecule has 0 radical (unpaired) electrons. The van der Waals surface area contributed by atoms with Crippen molar-refractivity contribution in [2.24, 2.45) is 23.7 Å². The number of benzene rings is 1. The average molecular weight is 434 g/mol. The van der Waals surface area contributed by atoms with Crippen LogP contribution in [0.2, 0.25) is 5.02 Å². The number of carbonyl (C=O) groups is 3. The van der Waals surface area contributed by atoms with Crippen molar-refractivity contribution < 1.29 is 19.5 Å². The van der Waals surface area contributed by atoms with Gasteiger partial charge in [0.2, 0.25) is 17.7 Å². The lowest BCUT2D eigenvalue weighted by atomic mass is 9.69. The fraction of sp³-hybridized carbons (Fsp3) is 0.500. The first kappa shape index (κ1) is 22.3. The number of likely N-dealkylation sites (tertiary alicyclic amines) is 1. The highest BCUT2D eigenvalue weighted by Crippen LogP contribution is 2.45. The molecule has 2 aliphatic rings. The number of nitrogens with one attached hydrogen (secondary N) is 2. The standard InChI is InChI=1S/C22H28ClN3O4/c1-3-13-9-10-14-18(17(13)20(28)24-2)22(30)26(11-6-12-27)19(14)21(29)25-16-8-5-4-7-15(16)23/h4-5,7-10,13-14,17-19,27H,3,6,11-12H2,1-2H3,(H,24,28)(H,25,29)/t13-,14+,17-,18+,19+/m1/s1. The number of halogens is 1. The first-order valence-corrected chi connectivity index (χ1v) is 10.7. The molecular formula is C22H28ClN3O4. The van der Waals surface area contributed by atoms with Gasteiger partial charge in [0.1, 0.15) is 6.04 Å². The topological polar surface area (TPSA) is 98.7 Å². The summed E-state index contributed by atoms with van der Waals surface area (Å²) in [6.07, 6.45) is 4.94. The van der Waals surface area contributed by atoms with Gasteiger partial charge < -0.3 is 20.6 Å². The quantitative estimate of drug-likeness (QED) is 0.573. The number of allylic oxidation sites excluding steroid dienone is 1. The van der Waals surface area contributed by atoms with Crippen LogP contribution in [0.5, 0.6) is 0 Å². The minimum atomic E-state index is -0.772. The Morgan fingerprint density at radius 2 is 1.93 bits per heavy atom. The Kier molecular flexibility index (Phi) is 7.15. The maximum absolute atomic E-state index is 13.4. The molecule has 1 saturated heterocycles. The van der Waals surface area contributed by atoms with Crippen LogP contribution in [0.25, 0.3) is 0 Å². The molecule has 3 rings (SSSR count). The van der Waals surface area contributed by atoms with Crippen molar-refractivity contribution in [3.8, 4) is 0 Å². The lowest BCUT2D eigenvalue weighted by molar-refractivity contribution is -0.140. The van der Waals surface area contributed by atoms with Gasteiger partial charge in [0.25, 0.3) is 0 Å². The highest BCUT2D eigenvalue weighted by molar-refractivity contribution is 6.33. The fourth-order valence-electron chi connectivity index (χ4n) is 4.66. The average Bonchev–Trinajstić information content (AvgIpc) is 3.04. The maximum Gasteiger partial charge on any atom is 0.247 e. The molecule has 0 aromatic heterocycles. The van der Waals surface area contributed by atoms with Crippen molar-refractivity contribution in [1.82, 2.24) is 10.2 Å². The van der Waals surface area contributed by atoms with Crippen molar-refractivity contribution in [3.05, 3.63) is 41.4 Å². The number of anilines is 1. The van der Waals surface area contributed by atoms with Gasteiger partial charge in [-0.05, 0) is 30.9 Å². The van der Waals surface area contributed by atoms with Crippen molar-refractivity contribution in [3.63, 3.8) is 0 Å². The van der Waals surface area contributed by atoms with Crippen LogP contribution in [0, 0.1) is 23.7 Å². The van der Waals surface area contributed by atoms with Gasteiger partial charge in [-0.1, -0.05) is 42.8 Å². The summed E-state index contributed by atoms with van der Waals surface area (Å²) in [6.45, 7) is 2.13. The fourth-order valence-corrected chi connectivity index (χ4v) is 4.85. The normalized spacial score (nSPS) is 27.7. The Morgan fingerprint density at radius 1 is 1.20 bits per heavy atom. The summed E-state index contributed by atoms with van der Waals surface area (Å²) in [4.78, 5) is 40.9. The third-order valence-electron chi connectivity index (χ3n) is 6.09. The van der Waals surface area contributed by atoms with E-state index in [0.29, 0.717) is 17.1 Å². The molecule has 1 aromatic rings. The molecule has 1 heterocycles. The highest BCUT2D eigenvalue weighted by atomic mass is 35.5. The van der Waals surface area contributed by atoms with E-state index in [1.165, 1.54) is 4.90 Å². The van der Waals surface area contributed by atoms with Crippen molar-refractivity contribution in [1.29, 1.82) is 0 Å². The Bertz CT molecular complexity index is 843. The summed E-state index contributed by atoms with van der Waals surface area (Å²) in [5.41, 5.74) is 0.469.